The van der Waals surface area contributed by atoms with Crippen molar-refractivity contribution in [3.8, 4) is 0 Å². The van der Waals surface area contributed by atoms with Gasteiger partial charge in [-0.3, -0.25) is 13.9 Å². The van der Waals surface area contributed by atoms with Crippen molar-refractivity contribution in [2.24, 2.45) is 14.1 Å². The van der Waals surface area contributed by atoms with Gasteiger partial charge < -0.3 is 4.57 Å². The van der Waals surface area contributed by atoms with Crippen LogP contribution in [0.3, 0.4) is 0 Å². The van der Waals surface area contributed by atoms with E-state index in [2.05, 4.69) is 4.98 Å². The van der Waals surface area contributed by atoms with E-state index < -0.39 is 5.69 Å². The molecule has 0 atom stereocenters. The second kappa shape index (κ2) is 6.13. The standard InChI is InChI=1S/C17H17ClN4O2/c1-4-22-13(9-8-11-6-5-7-12(18)10-11)19-15-14(22)16(23)21(3)17(24)20(15)2/h5-10H,4H2,1-3H3/b9-8+. The van der Waals surface area contributed by atoms with Crippen molar-refractivity contribution in [3.05, 3.63) is 61.5 Å². The molecule has 0 saturated carbocycles. The fraction of sp³-hybridized carbons (Fsp3) is 0.235. The molecule has 0 amide bonds. The van der Waals surface area contributed by atoms with Gasteiger partial charge in [-0.2, -0.15) is 0 Å². The molecule has 3 aromatic rings. The molecule has 0 radical (unpaired) electrons. The molecule has 0 saturated heterocycles. The third kappa shape index (κ3) is 2.59. The number of imidazole rings is 1. The summed E-state index contributed by atoms with van der Waals surface area (Å²) in [4.78, 5) is 29.0. The summed E-state index contributed by atoms with van der Waals surface area (Å²) < 4.78 is 4.29. The van der Waals surface area contributed by atoms with Gasteiger partial charge in [0.2, 0.25) is 0 Å². The molecule has 0 aliphatic carbocycles. The summed E-state index contributed by atoms with van der Waals surface area (Å²) in [5.41, 5.74) is 1.01. The van der Waals surface area contributed by atoms with E-state index in [0.29, 0.717) is 28.6 Å². The fourth-order valence-electron chi connectivity index (χ4n) is 2.69. The highest BCUT2D eigenvalue weighted by Gasteiger charge is 2.16. The second-order valence-electron chi connectivity index (χ2n) is 5.48. The third-order valence-electron chi connectivity index (χ3n) is 3.97. The quantitative estimate of drug-likeness (QED) is 0.732. The van der Waals surface area contributed by atoms with Crippen LogP contribution in [-0.4, -0.2) is 18.7 Å². The molecule has 1 aromatic carbocycles. The van der Waals surface area contributed by atoms with Crippen LogP contribution in [-0.2, 0) is 20.6 Å². The van der Waals surface area contributed by atoms with E-state index in [4.69, 9.17) is 11.6 Å². The van der Waals surface area contributed by atoms with E-state index in [1.807, 2.05) is 37.3 Å². The molecule has 6 nitrogen and oxygen atoms in total. The van der Waals surface area contributed by atoms with E-state index in [9.17, 15) is 9.59 Å². The summed E-state index contributed by atoms with van der Waals surface area (Å²) in [6.07, 6.45) is 3.70. The van der Waals surface area contributed by atoms with Crippen molar-refractivity contribution in [1.82, 2.24) is 18.7 Å². The average molecular weight is 345 g/mol. The Morgan fingerprint density at radius 2 is 1.92 bits per heavy atom. The van der Waals surface area contributed by atoms with Crippen LogP contribution in [0.4, 0.5) is 0 Å². The first-order chi connectivity index (χ1) is 11.4. The summed E-state index contributed by atoms with van der Waals surface area (Å²) in [7, 11) is 3.08. The molecule has 0 bridgehead atoms. The molecule has 0 N–H and O–H groups in total. The van der Waals surface area contributed by atoms with Gasteiger partial charge in [-0.1, -0.05) is 29.8 Å². The van der Waals surface area contributed by atoms with Crippen LogP contribution in [0, 0.1) is 0 Å². The van der Waals surface area contributed by atoms with Crippen LogP contribution >= 0.6 is 11.6 Å². The first kappa shape index (κ1) is 16.3. The van der Waals surface area contributed by atoms with Gasteiger partial charge in [-0.05, 0) is 30.7 Å². The normalized spacial score (nSPS) is 11.7. The first-order valence-corrected chi connectivity index (χ1v) is 7.91. The van der Waals surface area contributed by atoms with E-state index in [-0.39, 0.29) is 5.56 Å². The molecule has 0 fully saturated rings. The molecule has 24 heavy (non-hydrogen) atoms. The van der Waals surface area contributed by atoms with Crippen LogP contribution < -0.4 is 11.2 Å². The Morgan fingerprint density at radius 1 is 1.17 bits per heavy atom. The average Bonchev–Trinajstić information content (AvgIpc) is 2.95. The van der Waals surface area contributed by atoms with Crippen LogP contribution in [0.25, 0.3) is 23.3 Å². The molecule has 2 aromatic heterocycles. The number of aromatic nitrogens is 4. The van der Waals surface area contributed by atoms with Crippen LogP contribution in [0.15, 0.2) is 33.9 Å². The Bertz CT molecular complexity index is 1070. The maximum absolute atomic E-state index is 12.5. The summed E-state index contributed by atoms with van der Waals surface area (Å²) in [5.74, 6) is 0.616. The number of nitrogens with zero attached hydrogens (tertiary/aromatic N) is 4. The lowest BCUT2D eigenvalue weighted by molar-refractivity contribution is 0.699. The van der Waals surface area contributed by atoms with Crippen molar-refractivity contribution in [3.63, 3.8) is 0 Å². The lowest BCUT2D eigenvalue weighted by Gasteiger charge is -2.05. The predicted octanol–water partition coefficient (Wildman–Crippen LogP) is 2.28. The zero-order valence-electron chi connectivity index (χ0n) is 13.7. The smallest absolute Gasteiger partial charge is 0.319 e. The van der Waals surface area contributed by atoms with E-state index in [0.717, 1.165) is 10.1 Å². The Kier molecular flexibility index (Phi) is 4.15. The molecule has 0 aliphatic rings. The molecule has 0 spiro atoms. The summed E-state index contributed by atoms with van der Waals surface area (Å²) in [6.45, 7) is 2.50. The Balaban J connectivity index is 2.23. The summed E-state index contributed by atoms with van der Waals surface area (Å²) in [5, 5.41) is 0.650. The number of hydrogen-bond donors (Lipinski definition) is 0. The lowest BCUT2D eigenvalue weighted by Crippen LogP contribution is -2.37. The summed E-state index contributed by atoms with van der Waals surface area (Å²) >= 11 is 5.99. The molecule has 124 valence electrons. The third-order valence-corrected chi connectivity index (χ3v) is 4.20. The van der Waals surface area contributed by atoms with Crippen LogP contribution in [0.5, 0.6) is 0 Å². The SMILES string of the molecule is CCn1c(/C=C/c2cccc(Cl)c2)nc2c1c(=O)n(C)c(=O)n2C. The number of benzene rings is 1. The van der Waals surface area contributed by atoms with Crippen molar-refractivity contribution >= 4 is 34.9 Å². The number of aryl methyl sites for hydroxylation is 2. The largest absolute Gasteiger partial charge is 0.332 e. The minimum atomic E-state index is -0.390. The molecular formula is C17H17ClN4O2. The maximum atomic E-state index is 12.5. The van der Waals surface area contributed by atoms with Crippen molar-refractivity contribution in [1.29, 1.82) is 0 Å². The van der Waals surface area contributed by atoms with Gasteiger partial charge in [0, 0.05) is 25.7 Å². The van der Waals surface area contributed by atoms with Gasteiger partial charge in [0.25, 0.3) is 5.56 Å². The van der Waals surface area contributed by atoms with Gasteiger partial charge in [0.1, 0.15) is 5.82 Å². The first-order valence-electron chi connectivity index (χ1n) is 7.54. The maximum Gasteiger partial charge on any atom is 0.332 e. The lowest BCUT2D eigenvalue weighted by atomic mass is 10.2. The minimum absolute atomic E-state index is 0.343. The zero-order valence-corrected chi connectivity index (χ0v) is 14.4. The Morgan fingerprint density at radius 3 is 2.58 bits per heavy atom. The molecule has 7 heteroatoms. The van der Waals surface area contributed by atoms with Crippen LogP contribution in [0.1, 0.15) is 18.3 Å². The molecule has 2 heterocycles. The number of halogens is 1. The number of fused-ring (bicyclic) bond motifs is 1. The van der Waals surface area contributed by atoms with E-state index in [1.54, 1.807) is 17.7 Å². The number of rotatable bonds is 3. The van der Waals surface area contributed by atoms with Crippen molar-refractivity contribution < 1.29 is 0 Å². The monoisotopic (exact) mass is 344 g/mol. The Labute approximate surface area is 143 Å². The van der Waals surface area contributed by atoms with Gasteiger partial charge in [0.15, 0.2) is 11.2 Å². The van der Waals surface area contributed by atoms with Gasteiger partial charge in [-0.25, -0.2) is 9.78 Å². The highest BCUT2D eigenvalue weighted by atomic mass is 35.5. The Hall–Kier alpha value is -2.60. The van der Waals surface area contributed by atoms with Crippen molar-refractivity contribution in [2.45, 2.75) is 13.5 Å². The predicted molar refractivity (Wildman–Crippen MR) is 96.3 cm³/mol. The minimum Gasteiger partial charge on any atom is -0.319 e. The van der Waals surface area contributed by atoms with Gasteiger partial charge in [0.05, 0.1) is 0 Å². The van der Waals surface area contributed by atoms with Gasteiger partial charge >= 0.3 is 5.69 Å². The van der Waals surface area contributed by atoms with E-state index in [1.165, 1.54) is 11.6 Å². The molecular weight excluding hydrogens is 328 g/mol. The topological polar surface area (TPSA) is 61.8 Å². The molecule has 0 unspecified atom stereocenters. The summed E-state index contributed by atoms with van der Waals surface area (Å²) in [6, 6.07) is 7.44. The zero-order chi connectivity index (χ0) is 17.4. The highest BCUT2D eigenvalue weighted by Crippen LogP contribution is 2.16. The van der Waals surface area contributed by atoms with Gasteiger partial charge in [-0.15, -0.1) is 0 Å². The number of hydrogen-bond acceptors (Lipinski definition) is 3. The highest BCUT2D eigenvalue weighted by molar-refractivity contribution is 6.30. The molecule has 0 aliphatic heterocycles. The van der Waals surface area contributed by atoms with Crippen LogP contribution in [0.2, 0.25) is 5.02 Å². The van der Waals surface area contributed by atoms with E-state index >= 15 is 0 Å². The molecule has 3 rings (SSSR count). The fourth-order valence-corrected chi connectivity index (χ4v) is 2.89. The van der Waals surface area contributed by atoms with Crippen molar-refractivity contribution in [2.75, 3.05) is 0 Å². The second-order valence-corrected chi connectivity index (χ2v) is 5.92.